The van der Waals surface area contributed by atoms with Gasteiger partial charge in [-0.15, -0.1) is 0 Å². The number of imidazole rings is 1. The molecule has 0 saturated carbocycles. The number of fused-ring (bicyclic) bond motifs is 3. The lowest BCUT2D eigenvalue weighted by molar-refractivity contribution is 0.188. The summed E-state index contributed by atoms with van der Waals surface area (Å²) in [6.07, 6.45) is 6.69. The van der Waals surface area contributed by atoms with Crippen LogP contribution in [0.4, 0.5) is 5.82 Å². The van der Waals surface area contributed by atoms with E-state index in [0.29, 0.717) is 30.7 Å². The smallest absolute Gasteiger partial charge is 0.320 e. The molecule has 3 saturated heterocycles. The van der Waals surface area contributed by atoms with Crippen LogP contribution in [-0.4, -0.2) is 75.8 Å². The average Bonchev–Trinajstić information content (AvgIpc) is 3.50. The fraction of sp³-hybridized carbons (Fsp3) is 0.522. The van der Waals surface area contributed by atoms with Gasteiger partial charge in [-0.3, -0.25) is 4.57 Å². The standard InChI is InChI=1S/C23H29N7O/c1-28-11-5-8-19(28)14-31-23-26-21(29-12-16-9-10-17(13-29)25-16)20-22(27-23)30(15-24-20)18-6-3-2-4-7-18/h2-4,6-7,15-17,19,25H,5,8-14H2,1H3/t16?,17?,19-/m0/s1. The van der Waals surface area contributed by atoms with Crippen LogP contribution in [-0.2, 0) is 0 Å². The number of likely N-dealkylation sites (N-methyl/N-ethyl adjacent to an activating group) is 1. The van der Waals surface area contributed by atoms with Gasteiger partial charge < -0.3 is 19.9 Å². The van der Waals surface area contributed by atoms with E-state index in [1.165, 1.54) is 19.3 Å². The summed E-state index contributed by atoms with van der Waals surface area (Å²) < 4.78 is 8.22. The van der Waals surface area contributed by atoms with Crippen LogP contribution in [0.1, 0.15) is 25.7 Å². The summed E-state index contributed by atoms with van der Waals surface area (Å²) in [6, 6.07) is 12.2. The summed E-state index contributed by atoms with van der Waals surface area (Å²) in [5.41, 5.74) is 2.68. The van der Waals surface area contributed by atoms with E-state index < -0.39 is 0 Å². The Hall–Kier alpha value is -2.71. The maximum Gasteiger partial charge on any atom is 0.320 e. The number of piperazine rings is 1. The van der Waals surface area contributed by atoms with Crippen molar-refractivity contribution >= 4 is 17.0 Å². The molecule has 2 bridgehead atoms. The van der Waals surface area contributed by atoms with Crippen molar-refractivity contribution < 1.29 is 4.74 Å². The first-order chi connectivity index (χ1) is 15.2. The number of para-hydroxylation sites is 1. The zero-order valence-corrected chi connectivity index (χ0v) is 17.9. The fourth-order valence-electron chi connectivity index (χ4n) is 5.26. The van der Waals surface area contributed by atoms with Gasteiger partial charge in [-0.25, -0.2) is 4.98 Å². The molecule has 6 rings (SSSR count). The lowest BCUT2D eigenvalue weighted by Gasteiger charge is -2.33. The average molecular weight is 420 g/mol. The third-order valence-electron chi connectivity index (χ3n) is 6.98. The molecule has 3 atom stereocenters. The lowest BCUT2D eigenvalue weighted by atomic mass is 10.2. The van der Waals surface area contributed by atoms with Crippen LogP contribution in [0.15, 0.2) is 36.7 Å². The highest BCUT2D eigenvalue weighted by atomic mass is 16.5. The van der Waals surface area contributed by atoms with E-state index in [1.54, 1.807) is 0 Å². The van der Waals surface area contributed by atoms with Crippen molar-refractivity contribution in [1.82, 2.24) is 29.7 Å². The highest BCUT2D eigenvalue weighted by Gasteiger charge is 2.34. The zero-order chi connectivity index (χ0) is 20.8. The van der Waals surface area contributed by atoms with E-state index in [-0.39, 0.29) is 0 Å². The Morgan fingerprint density at radius 2 is 1.87 bits per heavy atom. The van der Waals surface area contributed by atoms with E-state index in [0.717, 1.165) is 48.7 Å². The Morgan fingerprint density at radius 1 is 1.06 bits per heavy atom. The van der Waals surface area contributed by atoms with Crippen molar-refractivity contribution in [3.05, 3.63) is 36.7 Å². The van der Waals surface area contributed by atoms with Gasteiger partial charge in [0.2, 0.25) is 0 Å². The highest BCUT2D eigenvalue weighted by Crippen LogP contribution is 2.31. The molecular weight excluding hydrogens is 390 g/mol. The van der Waals surface area contributed by atoms with Gasteiger partial charge in [-0.05, 0) is 51.4 Å². The molecule has 2 aromatic heterocycles. The van der Waals surface area contributed by atoms with Gasteiger partial charge in [0.15, 0.2) is 17.0 Å². The topological polar surface area (TPSA) is 71.3 Å². The van der Waals surface area contributed by atoms with Gasteiger partial charge >= 0.3 is 6.01 Å². The van der Waals surface area contributed by atoms with Crippen molar-refractivity contribution in [1.29, 1.82) is 0 Å². The molecule has 2 unspecified atom stereocenters. The molecule has 1 N–H and O–H groups in total. The second-order valence-corrected chi connectivity index (χ2v) is 9.08. The van der Waals surface area contributed by atoms with E-state index in [1.807, 2.05) is 29.1 Å². The highest BCUT2D eigenvalue weighted by molar-refractivity contribution is 5.85. The molecule has 0 aliphatic carbocycles. The number of hydrogen-bond donors (Lipinski definition) is 1. The SMILES string of the molecule is CN1CCC[C@H]1COc1nc(N2CC3CCC(C2)N3)c2ncn(-c3ccccc3)c2n1. The lowest BCUT2D eigenvalue weighted by Crippen LogP contribution is -2.51. The van der Waals surface area contributed by atoms with Crippen molar-refractivity contribution in [2.24, 2.45) is 0 Å². The van der Waals surface area contributed by atoms with Crippen molar-refractivity contribution in [2.75, 3.05) is 38.2 Å². The van der Waals surface area contributed by atoms with Crippen LogP contribution in [0.25, 0.3) is 16.9 Å². The van der Waals surface area contributed by atoms with Crippen LogP contribution in [0.3, 0.4) is 0 Å². The van der Waals surface area contributed by atoms with Crippen LogP contribution in [0.2, 0.25) is 0 Å². The summed E-state index contributed by atoms with van der Waals surface area (Å²) in [4.78, 5) is 19.2. The number of anilines is 1. The second-order valence-electron chi connectivity index (χ2n) is 9.08. The molecule has 8 heteroatoms. The quantitative estimate of drug-likeness (QED) is 0.680. The van der Waals surface area contributed by atoms with E-state index in [4.69, 9.17) is 19.7 Å². The third-order valence-corrected chi connectivity index (χ3v) is 6.98. The maximum atomic E-state index is 6.18. The molecule has 31 heavy (non-hydrogen) atoms. The number of likely N-dealkylation sites (tertiary alicyclic amines) is 1. The molecule has 3 aliphatic rings. The van der Waals surface area contributed by atoms with Crippen LogP contribution in [0.5, 0.6) is 6.01 Å². The summed E-state index contributed by atoms with van der Waals surface area (Å²) in [7, 11) is 2.16. The van der Waals surface area contributed by atoms with Crippen LogP contribution >= 0.6 is 0 Å². The number of nitrogens with one attached hydrogen (secondary N) is 1. The Morgan fingerprint density at radius 3 is 2.61 bits per heavy atom. The summed E-state index contributed by atoms with van der Waals surface area (Å²) in [5, 5.41) is 3.70. The Labute approximate surface area is 182 Å². The third kappa shape index (κ3) is 3.53. The minimum atomic E-state index is 0.428. The first-order valence-electron chi connectivity index (χ1n) is 11.4. The Balaban J connectivity index is 1.39. The first-order valence-corrected chi connectivity index (χ1v) is 11.4. The minimum Gasteiger partial charge on any atom is -0.462 e. The largest absolute Gasteiger partial charge is 0.462 e. The van der Waals surface area contributed by atoms with Crippen molar-refractivity contribution in [3.63, 3.8) is 0 Å². The Kier molecular flexibility index (Phi) is 4.76. The van der Waals surface area contributed by atoms with Gasteiger partial charge in [0, 0.05) is 36.9 Å². The molecule has 162 valence electrons. The summed E-state index contributed by atoms with van der Waals surface area (Å²) >= 11 is 0. The monoisotopic (exact) mass is 419 g/mol. The normalized spacial score (nSPS) is 26.1. The van der Waals surface area contributed by atoms with Crippen LogP contribution < -0.4 is 15.0 Å². The summed E-state index contributed by atoms with van der Waals surface area (Å²) in [5.74, 6) is 0.896. The molecule has 3 aromatic rings. The molecule has 0 spiro atoms. The van der Waals surface area contributed by atoms with Gasteiger partial charge in [0.1, 0.15) is 12.9 Å². The molecule has 3 fully saturated rings. The van der Waals surface area contributed by atoms with Gasteiger partial charge in [-0.1, -0.05) is 18.2 Å². The zero-order valence-electron chi connectivity index (χ0n) is 17.9. The van der Waals surface area contributed by atoms with E-state index in [9.17, 15) is 0 Å². The van der Waals surface area contributed by atoms with Crippen molar-refractivity contribution in [3.8, 4) is 11.7 Å². The minimum absolute atomic E-state index is 0.428. The summed E-state index contributed by atoms with van der Waals surface area (Å²) in [6.45, 7) is 3.65. The fourth-order valence-corrected chi connectivity index (χ4v) is 5.26. The van der Waals surface area contributed by atoms with Crippen molar-refractivity contribution in [2.45, 2.75) is 43.8 Å². The van der Waals surface area contributed by atoms with Gasteiger partial charge in [-0.2, -0.15) is 9.97 Å². The molecule has 0 radical (unpaired) electrons. The van der Waals surface area contributed by atoms with Gasteiger partial charge in [0.05, 0.1) is 0 Å². The molecule has 1 aromatic carbocycles. The van der Waals surface area contributed by atoms with E-state index >= 15 is 0 Å². The molecular formula is C23H29N7O. The first kappa shape index (κ1) is 19.0. The second kappa shape index (κ2) is 7.76. The number of ether oxygens (including phenoxy) is 1. The van der Waals surface area contributed by atoms with Gasteiger partial charge in [0.25, 0.3) is 0 Å². The number of benzene rings is 1. The maximum absolute atomic E-state index is 6.18. The predicted octanol–water partition coefficient (Wildman–Crippen LogP) is 2.23. The Bertz CT molecular complexity index is 1060. The number of nitrogens with zero attached hydrogens (tertiary/aromatic N) is 6. The predicted molar refractivity (Wildman–Crippen MR) is 120 cm³/mol. The molecule has 3 aliphatic heterocycles. The van der Waals surface area contributed by atoms with Crippen LogP contribution in [0, 0.1) is 0 Å². The number of aromatic nitrogens is 4. The molecule has 0 amide bonds. The molecule has 5 heterocycles. The molecule has 8 nitrogen and oxygen atoms in total. The number of hydrogen-bond acceptors (Lipinski definition) is 7. The van der Waals surface area contributed by atoms with E-state index in [2.05, 4.69) is 34.3 Å². The number of rotatable bonds is 5.